The molecule has 1 aliphatic carbocycles. The molecule has 0 atom stereocenters. The maximum Gasteiger partial charge on any atom is 0.268 e. The maximum atomic E-state index is 11.8. The summed E-state index contributed by atoms with van der Waals surface area (Å²) in [7, 11) is 0. The number of hydrogen-bond acceptors (Lipinski definition) is 2. The topological polar surface area (TPSA) is 38.3 Å². The molecule has 4 heteroatoms. The van der Waals surface area contributed by atoms with Crippen LogP contribution < -0.4 is 10.1 Å². The number of carbonyl (C=O) groups is 1. The number of carbonyl (C=O) groups excluding carboxylic acids is 1. The normalized spacial score (nSPS) is 21.3. The van der Waals surface area contributed by atoms with Crippen molar-refractivity contribution in [2.45, 2.75) is 24.9 Å². The first-order valence-corrected chi connectivity index (χ1v) is 5.37. The van der Waals surface area contributed by atoms with Crippen LogP contribution in [0.1, 0.15) is 19.3 Å². The minimum atomic E-state index is -0.613. The predicted molar refractivity (Wildman–Crippen MR) is 57.3 cm³/mol. The Hall–Kier alpha value is -1.22. The zero-order valence-corrected chi connectivity index (χ0v) is 8.80. The van der Waals surface area contributed by atoms with Crippen molar-refractivity contribution in [3.63, 3.8) is 0 Å². The van der Waals surface area contributed by atoms with Crippen molar-refractivity contribution in [2.75, 3.05) is 5.32 Å². The van der Waals surface area contributed by atoms with Crippen molar-refractivity contribution < 1.29 is 9.53 Å². The summed E-state index contributed by atoms with van der Waals surface area (Å²) >= 11 is 5.87. The molecule has 3 rings (SSSR count). The Morgan fingerprint density at radius 3 is 2.87 bits per heavy atom. The van der Waals surface area contributed by atoms with Crippen molar-refractivity contribution in [3.05, 3.63) is 23.2 Å². The third-order valence-electron chi connectivity index (χ3n) is 3.07. The standard InChI is InChI=1S/C11H10ClNO2/c12-7-2-3-8-9(6-7)15-11(4-1-5-11)10(14)13-8/h2-3,6H,1,4-5H2,(H,13,14). The van der Waals surface area contributed by atoms with E-state index in [1.807, 2.05) is 0 Å². The average Bonchev–Trinajstić information content (AvgIpc) is 2.15. The van der Waals surface area contributed by atoms with Gasteiger partial charge in [0.2, 0.25) is 0 Å². The van der Waals surface area contributed by atoms with E-state index in [2.05, 4.69) is 5.32 Å². The van der Waals surface area contributed by atoms with Crippen LogP contribution in [0.2, 0.25) is 5.02 Å². The van der Waals surface area contributed by atoms with Gasteiger partial charge in [-0.15, -0.1) is 0 Å². The van der Waals surface area contributed by atoms with Crippen LogP contribution in [0.3, 0.4) is 0 Å². The van der Waals surface area contributed by atoms with Gasteiger partial charge < -0.3 is 10.1 Å². The van der Waals surface area contributed by atoms with Crippen molar-refractivity contribution in [1.29, 1.82) is 0 Å². The molecule has 1 aliphatic heterocycles. The Balaban J connectivity index is 2.03. The molecule has 1 aromatic rings. The van der Waals surface area contributed by atoms with Crippen LogP contribution in [0, 0.1) is 0 Å². The summed E-state index contributed by atoms with van der Waals surface area (Å²) in [4.78, 5) is 11.8. The molecule has 15 heavy (non-hydrogen) atoms. The highest BCUT2D eigenvalue weighted by atomic mass is 35.5. The molecule has 1 N–H and O–H groups in total. The number of hydrogen-bond donors (Lipinski definition) is 1. The van der Waals surface area contributed by atoms with Crippen LogP contribution in [0.4, 0.5) is 5.69 Å². The molecule has 1 aromatic carbocycles. The first-order valence-electron chi connectivity index (χ1n) is 5.00. The van der Waals surface area contributed by atoms with E-state index in [0.717, 1.165) is 19.3 Å². The van der Waals surface area contributed by atoms with E-state index in [0.29, 0.717) is 16.5 Å². The molecule has 1 spiro atoms. The number of fused-ring (bicyclic) bond motifs is 1. The van der Waals surface area contributed by atoms with Gasteiger partial charge in [-0.25, -0.2) is 0 Å². The fraction of sp³-hybridized carbons (Fsp3) is 0.364. The van der Waals surface area contributed by atoms with Crippen LogP contribution in [-0.4, -0.2) is 11.5 Å². The van der Waals surface area contributed by atoms with E-state index in [9.17, 15) is 4.79 Å². The van der Waals surface area contributed by atoms with Gasteiger partial charge in [-0.05, 0) is 31.4 Å². The highest BCUT2D eigenvalue weighted by Gasteiger charge is 2.49. The Morgan fingerprint density at radius 1 is 1.40 bits per heavy atom. The number of anilines is 1. The summed E-state index contributed by atoms with van der Waals surface area (Å²) < 4.78 is 5.75. The molecule has 1 amide bonds. The van der Waals surface area contributed by atoms with Crippen LogP contribution in [0.5, 0.6) is 5.75 Å². The SMILES string of the molecule is O=C1Nc2ccc(Cl)cc2OC12CCC2. The van der Waals surface area contributed by atoms with E-state index in [1.165, 1.54) is 0 Å². The van der Waals surface area contributed by atoms with Gasteiger partial charge >= 0.3 is 0 Å². The molecule has 2 aliphatic rings. The molecule has 0 aromatic heterocycles. The molecular formula is C11H10ClNO2. The lowest BCUT2D eigenvalue weighted by atomic mass is 9.78. The molecule has 0 bridgehead atoms. The minimum Gasteiger partial charge on any atom is -0.475 e. The zero-order chi connectivity index (χ0) is 10.5. The predicted octanol–water partition coefficient (Wildman–Crippen LogP) is 2.59. The van der Waals surface area contributed by atoms with Gasteiger partial charge in [-0.2, -0.15) is 0 Å². The first-order chi connectivity index (χ1) is 7.20. The summed E-state index contributed by atoms with van der Waals surface area (Å²) in [5.41, 5.74) is 0.0967. The summed E-state index contributed by atoms with van der Waals surface area (Å²) in [6, 6.07) is 5.25. The summed E-state index contributed by atoms with van der Waals surface area (Å²) in [6.45, 7) is 0. The lowest BCUT2D eigenvalue weighted by Gasteiger charge is -2.43. The van der Waals surface area contributed by atoms with Crippen molar-refractivity contribution >= 4 is 23.2 Å². The van der Waals surface area contributed by atoms with Gasteiger partial charge in [-0.3, -0.25) is 4.79 Å². The Bertz CT molecular complexity index is 440. The fourth-order valence-electron chi connectivity index (χ4n) is 2.00. The van der Waals surface area contributed by atoms with Crippen molar-refractivity contribution in [2.24, 2.45) is 0 Å². The number of amides is 1. The molecule has 0 radical (unpaired) electrons. The molecule has 1 heterocycles. The Kier molecular flexibility index (Phi) is 1.74. The smallest absolute Gasteiger partial charge is 0.268 e. The number of halogens is 1. The first kappa shape index (κ1) is 9.04. The van der Waals surface area contributed by atoms with E-state index in [4.69, 9.17) is 16.3 Å². The summed E-state index contributed by atoms with van der Waals surface area (Å²) in [5, 5.41) is 3.48. The number of nitrogens with one attached hydrogen (secondary N) is 1. The Labute approximate surface area is 92.4 Å². The average molecular weight is 224 g/mol. The highest BCUT2D eigenvalue weighted by Crippen LogP contribution is 2.44. The molecule has 0 saturated heterocycles. The van der Waals surface area contributed by atoms with Crippen LogP contribution in [0.25, 0.3) is 0 Å². The van der Waals surface area contributed by atoms with Gasteiger partial charge in [0.25, 0.3) is 5.91 Å². The number of rotatable bonds is 0. The van der Waals surface area contributed by atoms with Gasteiger partial charge in [0.15, 0.2) is 5.60 Å². The maximum absolute atomic E-state index is 11.8. The molecule has 1 fully saturated rings. The van der Waals surface area contributed by atoms with Gasteiger partial charge in [0.05, 0.1) is 5.69 Å². The van der Waals surface area contributed by atoms with Crippen LogP contribution in [-0.2, 0) is 4.79 Å². The highest BCUT2D eigenvalue weighted by molar-refractivity contribution is 6.30. The second kappa shape index (κ2) is 2.89. The summed E-state index contributed by atoms with van der Waals surface area (Å²) in [6.07, 6.45) is 2.64. The van der Waals surface area contributed by atoms with Crippen molar-refractivity contribution in [1.82, 2.24) is 0 Å². The lowest BCUT2D eigenvalue weighted by molar-refractivity contribution is -0.139. The Morgan fingerprint density at radius 2 is 2.20 bits per heavy atom. The van der Waals surface area contributed by atoms with E-state index >= 15 is 0 Å². The second-order valence-electron chi connectivity index (χ2n) is 4.04. The summed E-state index contributed by atoms with van der Waals surface area (Å²) in [5.74, 6) is 0.658. The third-order valence-corrected chi connectivity index (χ3v) is 3.31. The number of benzene rings is 1. The monoisotopic (exact) mass is 223 g/mol. The molecule has 1 saturated carbocycles. The largest absolute Gasteiger partial charge is 0.475 e. The van der Waals surface area contributed by atoms with Gasteiger partial charge in [0, 0.05) is 11.1 Å². The lowest BCUT2D eigenvalue weighted by Crippen LogP contribution is -2.55. The van der Waals surface area contributed by atoms with Crippen LogP contribution in [0.15, 0.2) is 18.2 Å². The molecular weight excluding hydrogens is 214 g/mol. The second-order valence-corrected chi connectivity index (χ2v) is 4.48. The van der Waals surface area contributed by atoms with E-state index in [-0.39, 0.29) is 5.91 Å². The van der Waals surface area contributed by atoms with Gasteiger partial charge in [0.1, 0.15) is 5.75 Å². The quantitative estimate of drug-likeness (QED) is 0.734. The zero-order valence-electron chi connectivity index (χ0n) is 8.05. The molecule has 78 valence electrons. The fourth-order valence-corrected chi connectivity index (χ4v) is 2.17. The van der Waals surface area contributed by atoms with Crippen molar-refractivity contribution in [3.8, 4) is 5.75 Å². The van der Waals surface area contributed by atoms with E-state index in [1.54, 1.807) is 18.2 Å². The number of ether oxygens (including phenoxy) is 1. The van der Waals surface area contributed by atoms with Gasteiger partial charge in [-0.1, -0.05) is 11.6 Å². The molecule has 3 nitrogen and oxygen atoms in total. The molecule has 0 unspecified atom stereocenters. The van der Waals surface area contributed by atoms with Crippen LogP contribution >= 0.6 is 11.6 Å². The van der Waals surface area contributed by atoms with E-state index < -0.39 is 5.60 Å². The minimum absolute atomic E-state index is 0.0245. The third kappa shape index (κ3) is 1.23.